The van der Waals surface area contributed by atoms with Crippen molar-refractivity contribution >= 4 is 28.2 Å². The molecule has 1 unspecified atom stereocenters. The van der Waals surface area contributed by atoms with Crippen molar-refractivity contribution < 1.29 is 17.9 Å². The van der Waals surface area contributed by atoms with Crippen molar-refractivity contribution in [1.82, 2.24) is 5.32 Å². The fourth-order valence-corrected chi connectivity index (χ4v) is 3.11. The highest BCUT2D eigenvalue weighted by atomic mass is 35.5. The number of hydrogen-bond donors (Lipinski definition) is 2. The average molecular weight is 351 g/mol. The quantitative estimate of drug-likeness (QED) is 0.640. The van der Waals surface area contributed by atoms with E-state index in [0.717, 1.165) is 0 Å². The van der Waals surface area contributed by atoms with Crippen LogP contribution in [-0.4, -0.2) is 46.4 Å². The number of nitrogens with one attached hydrogen (secondary N) is 1. The second-order valence-corrected chi connectivity index (χ2v) is 6.74. The lowest BCUT2D eigenvalue weighted by Crippen LogP contribution is -2.33. The van der Waals surface area contributed by atoms with Crippen LogP contribution in [0.3, 0.4) is 0 Å². The Morgan fingerprint density at radius 3 is 2.50 bits per heavy atom. The maximum absolute atomic E-state index is 12.0. The molecule has 126 valence electrons. The molecule has 22 heavy (non-hydrogen) atoms. The van der Waals surface area contributed by atoms with Gasteiger partial charge < -0.3 is 15.8 Å². The Balaban J connectivity index is 0.00000441. The van der Waals surface area contributed by atoms with Crippen LogP contribution in [-0.2, 0) is 19.4 Å². The molecule has 8 heteroatoms. The zero-order chi connectivity index (χ0) is 15.7. The van der Waals surface area contributed by atoms with Gasteiger partial charge in [0.15, 0.2) is 9.84 Å². The Hall–Kier alpha value is -1.15. The van der Waals surface area contributed by atoms with E-state index in [0.29, 0.717) is 17.9 Å². The molecule has 1 rings (SSSR count). The summed E-state index contributed by atoms with van der Waals surface area (Å²) in [5, 5.41) is 2.67. The smallest absolute Gasteiger partial charge is 0.222 e. The molecule has 1 amide bonds. The molecule has 0 aliphatic rings. The summed E-state index contributed by atoms with van der Waals surface area (Å²) in [6.07, 6.45) is 0.236. The highest BCUT2D eigenvalue weighted by Gasteiger charge is 2.14. The van der Waals surface area contributed by atoms with Crippen molar-refractivity contribution in [2.24, 2.45) is 5.73 Å². The van der Waals surface area contributed by atoms with E-state index in [1.165, 1.54) is 7.11 Å². The number of amides is 1. The topological polar surface area (TPSA) is 98.5 Å². The van der Waals surface area contributed by atoms with Crippen molar-refractivity contribution in [2.75, 3.05) is 26.0 Å². The maximum Gasteiger partial charge on any atom is 0.222 e. The van der Waals surface area contributed by atoms with Gasteiger partial charge in [0.25, 0.3) is 0 Å². The molecule has 0 fully saturated rings. The minimum absolute atomic E-state index is 0. The van der Waals surface area contributed by atoms with Crippen molar-refractivity contribution in [2.45, 2.75) is 23.8 Å². The Morgan fingerprint density at radius 2 is 1.95 bits per heavy atom. The summed E-state index contributed by atoms with van der Waals surface area (Å²) in [4.78, 5) is 11.9. The fraction of sp³-hybridized carbons (Fsp3) is 0.500. The Labute approximate surface area is 137 Å². The fourth-order valence-electron chi connectivity index (χ4n) is 1.78. The first-order valence-electron chi connectivity index (χ1n) is 6.77. The number of methoxy groups -OCH3 is 1. The van der Waals surface area contributed by atoms with Gasteiger partial charge in [0.1, 0.15) is 0 Å². The summed E-state index contributed by atoms with van der Waals surface area (Å²) in [6, 6.07) is 8.28. The van der Waals surface area contributed by atoms with E-state index < -0.39 is 9.84 Å². The molecule has 0 bridgehead atoms. The molecule has 3 N–H and O–H groups in total. The molecule has 1 aromatic carbocycles. The van der Waals surface area contributed by atoms with Crippen LogP contribution in [0.15, 0.2) is 35.2 Å². The summed E-state index contributed by atoms with van der Waals surface area (Å²) in [6.45, 7) is 0.582. The van der Waals surface area contributed by atoms with Gasteiger partial charge >= 0.3 is 0 Å². The minimum atomic E-state index is -3.29. The molecule has 0 heterocycles. The van der Waals surface area contributed by atoms with Gasteiger partial charge in [-0.25, -0.2) is 8.42 Å². The van der Waals surface area contributed by atoms with Crippen LogP contribution >= 0.6 is 12.4 Å². The predicted molar refractivity (Wildman–Crippen MR) is 87.8 cm³/mol. The molecule has 1 atom stereocenters. The molecular formula is C14H23ClN2O4S. The highest BCUT2D eigenvalue weighted by molar-refractivity contribution is 7.91. The first-order chi connectivity index (χ1) is 9.99. The zero-order valence-corrected chi connectivity index (χ0v) is 14.2. The van der Waals surface area contributed by atoms with Crippen molar-refractivity contribution in [1.29, 1.82) is 0 Å². The van der Waals surface area contributed by atoms with E-state index in [4.69, 9.17) is 10.5 Å². The standard InChI is InChI=1S/C14H22N2O4S.ClH/c1-20-12(11-15)10-14(17)16-8-5-9-21(18,19)13-6-3-2-4-7-13;/h2-4,6-7,12H,5,8-11,15H2,1H3,(H,16,17);1H. The molecule has 1 aromatic rings. The van der Waals surface area contributed by atoms with Crippen LogP contribution < -0.4 is 11.1 Å². The van der Waals surface area contributed by atoms with E-state index in [1.54, 1.807) is 30.3 Å². The Bertz CT molecular complexity index is 533. The van der Waals surface area contributed by atoms with Crippen LogP contribution in [0.5, 0.6) is 0 Å². The van der Waals surface area contributed by atoms with E-state index in [9.17, 15) is 13.2 Å². The second kappa shape index (κ2) is 10.6. The Kier molecular flexibility index (Phi) is 10.0. The third kappa shape index (κ3) is 7.22. The predicted octanol–water partition coefficient (Wildman–Crippen LogP) is 0.752. The van der Waals surface area contributed by atoms with Crippen LogP contribution in [0.1, 0.15) is 12.8 Å². The lowest BCUT2D eigenvalue weighted by Gasteiger charge is -2.12. The normalized spacial score (nSPS) is 12.3. The van der Waals surface area contributed by atoms with Gasteiger partial charge in [0.2, 0.25) is 5.91 Å². The first kappa shape index (κ1) is 20.9. The molecule has 0 saturated carbocycles. The van der Waals surface area contributed by atoms with E-state index in [1.807, 2.05) is 0 Å². The molecule has 0 saturated heterocycles. The number of carbonyl (C=O) groups is 1. The van der Waals surface area contributed by atoms with Crippen LogP contribution in [0.2, 0.25) is 0 Å². The number of nitrogens with two attached hydrogens (primary N) is 1. The van der Waals surface area contributed by atoms with Gasteiger partial charge in [-0.15, -0.1) is 12.4 Å². The molecular weight excluding hydrogens is 328 g/mol. The van der Waals surface area contributed by atoms with Crippen molar-refractivity contribution in [3.8, 4) is 0 Å². The number of benzene rings is 1. The lowest BCUT2D eigenvalue weighted by atomic mass is 10.2. The lowest BCUT2D eigenvalue weighted by molar-refractivity contribution is -0.123. The van der Waals surface area contributed by atoms with Gasteiger partial charge in [-0.05, 0) is 18.6 Å². The number of carbonyl (C=O) groups excluding carboxylic acids is 1. The van der Waals surface area contributed by atoms with Crippen molar-refractivity contribution in [3.05, 3.63) is 30.3 Å². The minimum Gasteiger partial charge on any atom is -0.380 e. The highest BCUT2D eigenvalue weighted by Crippen LogP contribution is 2.10. The zero-order valence-electron chi connectivity index (χ0n) is 12.5. The van der Waals surface area contributed by atoms with Crippen LogP contribution in [0.25, 0.3) is 0 Å². The van der Waals surface area contributed by atoms with E-state index >= 15 is 0 Å². The summed E-state index contributed by atoms with van der Waals surface area (Å²) in [5.41, 5.74) is 5.42. The summed E-state index contributed by atoms with van der Waals surface area (Å²) < 4.78 is 29.0. The molecule has 0 radical (unpaired) electrons. The summed E-state index contributed by atoms with van der Waals surface area (Å²) in [5.74, 6) is -0.188. The molecule has 0 aliphatic heterocycles. The van der Waals surface area contributed by atoms with Gasteiger partial charge in [-0.3, -0.25) is 4.79 Å². The Morgan fingerprint density at radius 1 is 1.32 bits per heavy atom. The number of sulfone groups is 1. The van der Waals surface area contributed by atoms with Gasteiger partial charge in [-0.1, -0.05) is 18.2 Å². The number of ether oxygens (including phenoxy) is 1. The second-order valence-electron chi connectivity index (χ2n) is 4.63. The number of halogens is 1. The number of hydrogen-bond acceptors (Lipinski definition) is 5. The van der Waals surface area contributed by atoms with E-state index in [-0.39, 0.29) is 43.1 Å². The average Bonchev–Trinajstić information content (AvgIpc) is 2.50. The molecule has 0 aromatic heterocycles. The van der Waals surface area contributed by atoms with Gasteiger partial charge in [0, 0.05) is 20.2 Å². The van der Waals surface area contributed by atoms with E-state index in [2.05, 4.69) is 5.32 Å². The third-order valence-corrected chi connectivity index (χ3v) is 4.84. The molecule has 0 aliphatic carbocycles. The van der Waals surface area contributed by atoms with Crippen LogP contribution in [0.4, 0.5) is 0 Å². The van der Waals surface area contributed by atoms with Gasteiger partial charge in [0.05, 0.1) is 23.2 Å². The summed E-state index contributed by atoms with van der Waals surface area (Å²) >= 11 is 0. The summed E-state index contributed by atoms with van der Waals surface area (Å²) in [7, 11) is -1.79. The largest absolute Gasteiger partial charge is 0.380 e. The monoisotopic (exact) mass is 350 g/mol. The third-order valence-electron chi connectivity index (χ3n) is 3.02. The first-order valence-corrected chi connectivity index (χ1v) is 8.42. The van der Waals surface area contributed by atoms with Crippen LogP contribution in [0, 0.1) is 0 Å². The molecule has 0 spiro atoms. The molecule has 6 nitrogen and oxygen atoms in total. The van der Waals surface area contributed by atoms with Gasteiger partial charge in [-0.2, -0.15) is 0 Å². The van der Waals surface area contributed by atoms with Crippen molar-refractivity contribution in [3.63, 3.8) is 0 Å². The number of rotatable bonds is 9. The SMILES string of the molecule is COC(CN)CC(=O)NCCCS(=O)(=O)c1ccccc1.Cl. The maximum atomic E-state index is 12.0.